The number of aliphatic hydroxyl groups excluding tert-OH is 1. The van der Waals surface area contributed by atoms with E-state index in [0.717, 1.165) is 38.9 Å². The molecular weight excluding hydrogens is 166 g/mol. The van der Waals surface area contributed by atoms with Crippen molar-refractivity contribution in [1.29, 1.82) is 0 Å². The fourth-order valence-electron chi connectivity index (χ4n) is 2.95. The van der Waals surface area contributed by atoms with Gasteiger partial charge in [-0.3, -0.25) is 0 Å². The molecule has 0 aromatic carbocycles. The van der Waals surface area contributed by atoms with Crippen molar-refractivity contribution < 1.29 is 9.84 Å². The predicted octanol–water partition coefficient (Wildman–Crippen LogP) is 0.513. The fourth-order valence-corrected chi connectivity index (χ4v) is 2.95. The van der Waals surface area contributed by atoms with Gasteiger partial charge in [0.1, 0.15) is 0 Å². The van der Waals surface area contributed by atoms with Gasteiger partial charge in [-0.05, 0) is 25.2 Å². The highest BCUT2D eigenvalue weighted by Crippen LogP contribution is 2.46. The minimum atomic E-state index is -0.191. The molecule has 3 unspecified atom stereocenters. The summed E-state index contributed by atoms with van der Waals surface area (Å²) in [4.78, 5) is 0. The third kappa shape index (κ3) is 1.39. The molecule has 0 spiro atoms. The topological polar surface area (TPSA) is 55.5 Å². The Morgan fingerprint density at radius 3 is 2.77 bits per heavy atom. The van der Waals surface area contributed by atoms with Gasteiger partial charge in [-0.25, -0.2) is 0 Å². The van der Waals surface area contributed by atoms with Crippen LogP contribution in [0.5, 0.6) is 0 Å². The maximum atomic E-state index is 9.96. The van der Waals surface area contributed by atoms with Crippen molar-refractivity contribution in [3.05, 3.63) is 0 Å². The van der Waals surface area contributed by atoms with Gasteiger partial charge in [0.15, 0.2) is 0 Å². The number of aliphatic hydroxyl groups is 1. The van der Waals surface area contributed by atoms with E-state index in [1.807, 2.05) is 0 Å². The molecule has 1 saturated carbocycles. The third-order valence-corrected chi connectivity index (χ3v) is 3.91. The minimum Gasteiger partial charge on any atom is -0.392 e. The van der Waals surface area contributed by atoms with E-state index in [4.69, 9.17) is 10.5 Å². The molecule has 3 atom stereocenters. The molecule has 2 rings (SSSR count). The zero-order valence-corrected chi connectivity index (χ0v) is 8.04. The Labute approximate surface area is 79.3 Å². The van der Waals surface area contributed by atoms with Crippen LogP contribution in [0.15, 0.2) is 0 Å². The van der Waals surface area contributed by atoms with E-state index in [1.165, 1.54) is 0 Å². The van der Waals surface area contributed by atoms with E-state index in [0.29, 0.717) is 12.5 Å². The summed E-state index contributed by atoms with van der Waals surface area (Å²) in [6.45, 7) is 2.26. The molecule has 2 aliphatic rings. The standard InChI is InChI=1S/C10H19NO2/c11-7-10(4-1-2-9(10)12)8-3-5-13-6-8/h8-9,12H,1-7,11H2. The zero-order valence-electron chi connectivity index (χ0n) is 8.04. The van der Waals surface area contributed by atoms with Crippen molar-refractivity contribution >= 4 is 0 Å². The SMILES string of the molecule is NCC1(C2CCOC2)CCCC1O. The highest BCUT2D eigenvalue weighted by molar-refractivity contribution is 4.98. The lowest BCUT2D eigenvalue weighted by Crippen LogP contribution is -2.44. The lowest BCUT2D eigenvalue weighted by Gasteiger charge is -2.36. The molecule has 1 heterocycles. The van der Waals surface area contributed by atoms with Crippen molar-refractivity contribution in [3.63, 3.8) is 0 Å². The minimum absolute atomic E-state index is 0.0174. The summed E-state index contributed by atoms with van der Waals surface area (Å²) in [7, 11) is 0. The van der Waals surface area contributed by atoms with E-state index in [-0.39, 0.29) is 11.5 Å². The lowest BCUT2D eigenvalue weighted by atomic mass is 9.72. The Balaban J connectivity index is 2.13. The van der Waals surface area contributed by atoms with Crippen LogP contribution in [-0.4, -0.2) is 31.0 Å². The largest absolute Gasteiger partial charge is 0.392 e. The van der Waals surface area contributed by atoms with Crippen molar-refractivity contribution in [3.8, 4) is 0 Å². The molecule has 3 heteroatoms. The molecule has 2 fully saturated rings. The van der Waals surface area contributed by atoms with Gasteiger partial charge in [-0.1, -0.05) is 6.42 Å². The summed E-state index contributed by atoms with van der Waals surface area (Å²) in [6.07, 6.45) is 4.01. The molecule has 1 aliphatic carbocycles. The van der Waals surface area contributed by atoms with Crippen molar-refractivity contribution in [2.45, 2.75) is 31.8 Å². The maximum absolute atomic E-state index is 9.96. The maximum Gasteiger partial charge on any atom is 0.0612 e. The van der Waals surface area contributed by atoms with Gasteiger partial charge in [0.25, 0.3) is 0 Å². The molecule has 3 N–H and O–H groups in total. The van der Waals surface area contributed by atoms with Gasteiger partial charge in [-0.2, -0.15) is 0 Å². The Bertz CT molecular complexity index is 180. The third-order valence-electron chi connectivity index (χ3n) is 3.91. The fraction of sp³-hybridized carbons (Fsp3) is 1.00. The second-order valence-electron chi connectivity index (χ2n) is 4.41. The van der Waals surface area contributed by atoms with Crippen LogP contribution in [0.25, 0.3) is 0 Å². The molecule has 1 aliphatic heterocycles. The smallest absolute Gasteiger partial charge is 0.0612 e. The predicted molar refractivity (Wildman–Crippen MR) is 50.3 cm³/mol. The molecule has 0 radical (unpaired) electrons. The summed E-state index contributed by atoms with van der Waals surface area (Å²) in [5.74, 6) is 0.495. The highest BCUT2D eigenvalue weighted by Gasteiger charge is 2.47. The van der Waals surface area contributed by atoms with Crippen LogP contribution in [-0.2, 0) is 4.74 Å². The van der Waals surface area contributed by atoms with Crippen molar-refractivity contribution in [2.24, 2.45) is 17.1 Å². The van der Waals surface area contributed by atoms with Crippen molar-refractivity contribution in [2.75, 3.05) is 19.8 Å². The Morgan fingerprint density at radius 2 is 2.31 bits per heavy atom. The first-order chi connectivity index (χ1) is 6.29. The first-order valence-electron chi connectivity index (χ1n) is 5.25. The second-order valence-corrected chi connectivity index (χ2v) is 4.41. The lowest BCUT2D eigenvalue weighted by molar-refractivity contribution is 0.00733. The number of nitrogens with two attached hydrogens (primary N) is 1. The van der Waals surface area contributed by atoms with Crippen molar-refractivity contribution in [1.82, 2.24) is 0 Å². The van der Waals surface area contributed by atoms with Gasteiger partial charge >= 0.3 is 0 Å². The average molecular weight is 185 g/mol. The normalized spacial score (nSPS) is 45.7. The van der Waals surface area contributed by atoms with Crippen LogP contribution in [0.2, 0.25) is 0 Å². The van der Waals surface area contributed by atoms with Gasteiger partial charge in [-0.15, -0.1) is 0 Å². The van der Waals surface area contributed by atoms with E-state index < -0.39 is 0 Å². The zero-order chi connectivity index (χ0) is 9.31. The monoisotopic (exact) mass is 185 g/mol. The molecule has 0 amide bonds. The van der Waals surface area contributed by atoms with E-state index in [1.54, 1.807) is 0 Å². The summed E-state index contributed by atoms with van der Waals surface area (Å²) >= 11 is 0. The number of hydrogen-bond donors (Lipinski definition) is 2. The molecule has 0 bridgehead atoms. The van der Waals surface area contributed by atoms with Crippen LogP contribution in [0.4, 0.5) is 0 Å². The van der Waals surface area contributed by atoms with E-state index in [9.17, 15) is 5.11 Å². The van der Waals surface area contributed by atoms with E-state index >= 15 is 0 Å². The quantitative estimate of drug-likeness (QED) is 0.659. The summed E-state index contributed by atoms with van der Waals surface area (Å²) < 4.78 is 5.38. The first kappa shape index (κ1) is 9.44. The Hall–Kier alpha value is -0.120. The summed E-state index contributed by atoms with van der Waals surface area (Å²) in [5.41, 5.74) is 5.81. The molecule has 13 heavy (non-hydrogen) atoms. The molecule has 3 nitrogen and oxygen atoms in total. The average Bonchev–Trinajstić information content (AvgIpc) is 2.73. The van der Waals surface area contributed by atoms with Gasteiger partial charge in [0, 0.05) is 18.6 Å². The molecule has 0 aromatic rings. The first-order valence-corrected chi connectivity index (χ1v) is 5.25. The highest BCUT2D eigenvalue weighted by atomic mass is 16.5. The molecule has 76 valence electrons. The van der Waals surface area contributed by atoms with Gasteiger partial charge in [0.2, 0.25) is 0 Å². The molecule has 1 saturated heterocycles. The van der Waals surface area contributed by atoms with Crippen LogP contribution in [0, 0.1) is 11.3 Å². The summed E-state index contributed by atoms with van der Waals surface area (Å²) in [6, 6.07) is 0. The Morgan fingerprint density at radius 1 is 1.46 bits per heavy atom. The number of rotatable bonds is 2. The molecular formula is C10H19NO2. The van der Waals surface area contributed by atoms with Gasteiger partial charge in [0.05, 0.1) is 12.7 Å². The van der Waals surface area contributed by atoms with E-state index in [2.05, 4.69) is 0 Å². The number of ether oxygens (including phenoxy) is 1. The van der Waals surface area contributed by atoms with Gasteiger partial charge < -0.3 is 15.6 Å². The van der Waals surface area contributed by atoms with Crippen LogP contribution < -0.4 is 5.73 Å². The number of hydrogen-bond acceptors (Lipinski definition) is 3. The molecule has 0 aromatic heterocycles. The summed E-state index contributed by atoms with van der Waals surface area (Å²) in [5, 5.41) is 9.96. The van der Waals surface area contributed by atoms with Crippen LogP contribution >= 0.6 is 0 Å². The van der Waals surface area contributed by atoms with Crippen LogP contribution in [0.1, 0.15) is 25.7 Å². The van der Waals surface area contributed by atoms with Crippen LogP contribution in [0.3, 0.4) is 0 Å². The Kier molecular flexibility index (Phi) is 2.58. The second kappa shape index (κ2) is 3.56.